The summed E-state index contributed by atoms with van der Waals surface area (Å²) in [6, 6.07) is 9.00. The number of likely N-dealkylation sites (tertiary alicyclic amines) is 1. The fraction of sp³-hybridized carbons (Fsp3) is 0.387. The zero-order chi connectivity index (χ0) is 31.8. The molecule has 0 spiro atoms. The van der Waals surface area contributed by atoms with Gasteiger partial charge in [0.15, 0.2) is 5.15 Å². The Kier molecular flexibility index (Phi) is 8.90. The molecule has 2 amide bonds. The Hall–Kier alpha value is -4.09. The van der Waals surface area contributed by atoms with Gasteiger partial charge in [-0.3, -0.25) is 14.6 Å². The molecular formula is C31H37Cl2N9O2. The Labute approximate surface area is 266 Å². The highest BCUT2D eigenvalue weighted by molar-refractivity contribution is 6.32. The van der Waals surface area contributed by atoms with Crippen LogP contribution in [0.25, 0.3) is 0 Å². The van der Waals surface area contributed by atoms with Crippen molar-refractivity contribution in [2.45, 2.75) is 51.2 Å². The van der Waals surface area contributed by atoms with Crippen LogP contribution in [0.5, 0.6) is 0 Å². The molecule has 1 atom stereocenters. The van der Waals surface area contributed by atoms with Crippen LogP contribution in [0.4, 0.5) is 11.5 Å². The maximum atomic E-state index is 13.6. The molecule has 0 saturated carbocycles. The summed E-state index contributed by atoms with van der Waals surface area (Å²) in [6.07, 6.45) is 3.75. The molecule has 2 fully saturated rings. The van der Waals surface area contributed by atoms with Gasteiger partial charge in [0.05, 0.1) is 18.6 Å². The number of aliphatic imine (C=N–C) groups is 1. The molecule has 11 nitrogen and oxygen atoms in total. The molecular weight excluding hydrogens is 601 g/mol. The SMILES string of the molecule is C=CC(=O)N1CC(NC(=O)c2c(Cl)nc(CN=C(N)c3cc(C(C)(C)C)c(Cl)cc3N)n2[C@@H]2CCN(c3ccccn3)C2)C1. The third kappa shape index (κ3) is 6.39. The molecule has 4 heterocycles. The first-order chi connectivity index (χ1) is 20.9. The number of hydrogen-bond donors (Lipinski definition) is 3. The lowest BCUT2D eigenvalue weighted by Crippen LogP contribution is -2.60. The average Bonchev–Trinajstić information content (AvgIpc) is 3.57. The van der Waals surface area contributed by atoms with Crippen molar-refractivity contribution in [1.29, 1.82) is 0 Å². The predicted octanol–water partition coefficient (Wildman–Crippen LogP) is 3.95. The standard InChI is InChI=1S/C31H37Cl2N9O2/c1-5-26(43)41-15-18(16-41)38-30(44)27-28(33)39-25(42(27)19-9-11-40(17-19)24-8-6-7-10-36-24)14-37-29(35)20-12-21(31(2,3)4)22(32)13-23(20)34/h5-8,10,12-13,18-19H,1,9,11,14-17,34H2,2-4H3,(H2,35,37)(H,38,44)/t19-/m1/s1. The highest BCUT2D eigenvalue weighted by atomic mass is 35.5. The lowest BCUT2D eigenvalue weighted by molar-refractivity contribution is -0.130. The van der Waals surface area contributed by atoms with Gasteiger partial charge in [-0.1, -0.05) is 56.6 Å². The quantitative estimate of drug-likeness (QED) is 0.147. The number of amides is 2. The van der Waals surface area contributed by atoms with Crippen LogP contribution < -0.4 is 21.7 Å². The van der Waals surface area contributed by atoms with Crippen molar-refractivity contribution in [2.75, 3.05) is 36.8 Å². The number of pyridine rings is 1. The van der Waals surface area contributed by atoms with E-state index in [0.717, 1.165) is 24.3 Å². The van der Waals surface area contributed by atoms with Gasteiger partial charge in [0, 0.05) is 48.6 Å². The summed E-state index contributed by atoms with van der Waals surface area (Å²) >= 11 is 13.1. The second-order valence-electron chi connectivity index (χ2n) is 12.1. The highest BCUT2D eigenvalue weighted by Crippen LogP contribution is 2.34. The van der Waals surface area contributed by atoms with Crippen molar-refractivity contribution in [2.24, 2.45) is 10.7 Å². The first-order valence-corrected chi connectivity index (χ1v) is 15.2. The van der Waals surface area contributed by atoms with Crippen molar-refractivity contribution >= 4 is 52.4 Å². The van der Waals surface area contributed by atoms with E-state index in [9.17, 15) is 9.59 Å². The largest absolute Gasteiger partial charge is 0.398 e. The van der Waals surface area contributed by atoms with Crippen LogP contribution in [0.1, 0.15) is 60.7 Å². The van der Waals surface area contributed by atoms with Crippen molar-refractivity contribution in [1.82, 2.24) is 24.8 Å². The van der Waals surface area contributed by atoms with Crippen LogP contribution in [0, 0.1) is 0 Å². The van der Waals surface area contributed by atoms with Crippen LogP contribution in [0.3, 0.4) is 0 Å². The van der Waals surface area contributed by atoms with Crippen LogP contribution in [-0.4, -0.2) is 69.3 Å². The minimum atomic E-state index is -0.366. The monoisotopic (exact) mass is 637 g/mol. The Bertz CT molecular complexity index is 1610. The molecule has 2 aliphatic rings. The number of amidine groups is 1. The van der Waals surface area contributed by atoms with Gasteiger partial charge in [0.25, 0.3) is 5.91 Å². The Morgan fingerprint density at radius 3 is 2.61 bits per heavy atom. The normalized spacial score (nSPS) is 17.5. The third-order valence-corrected chi connectivity index (χ3v) is 8.55. The number of carbonyl (C=O) groups is 2. The predicted molar refractivity (Wildman–Crippen MR) is 174 cm³/mol. The summed E-state index contributed by atoms with van der Waals surface area (Å²) < 4.78 is 1.87. The fourth-order valence-corrected chi connectivity index (χ4v) is 6.35. The Balaban J connectivity index is 1.45. The van der Waals surface area contributed by atoms with E-state index in [1.807, 2.05) is 28.8 Å². The van der Waals surface area contributed by atoms with Crippen molar-refractivity contribution in [3.8, 4) is 0 Å². The number of halogens is 2. The zero-order valence-electron chi connectivity index (χ0n) is 25.1. The van der Waals surface area contributed by atoms with Gasteiger partial charge in [0.1, 0.15) is 23.2 Å². The van der Waals surface area contributed by atoms with Gasteiger partial charge in [0.2, 0.25) is 5.91 Å². The molecule has 1 aromatic carbocycles. The molecule has 13 heteroatoms. The molecule has 2 aromatic heterocycles. The Morgan fingerprint density at radius 2 is 1.95 bits per heavy atom. The fourth-order valence-electron chi connectivity index (χ4n) is 5.62. The minimum absolute atomic E-state index is 0.0664. The Morgan fingerprint density at radius 1 is 1.20 bits per heavy atom. The zero-order valence-corrected chi connectivity index (χ0v) is 26.6. The minimum Gasteiger partial charge on any atom is -0.398 e. The van der Waals surface area contributed by atoms with Gasteiger partial charge in [-0.15, -0.1) is 0 Å². The summed E-state index contributed by atoms with van der Waals surface area (Å²) in [5.74, 6) is 1.04. The van der Waals surface area contributed by atoms with E-state index < -0.39 is 0 Å². The number of rotatable bonds is 8. The molecule has 2 saturated heterocycles. The topological polar surface area (TPSA) is 148 Å². The molecule has 3 aromatic rings. The smallest absolute Gasteiger partial charge is 0.271 e. The summed E-state index contributed by atoms with van der Waals surface area (Å²) in [4.78, 5) is 43.0. The maximum Gasteiger partial charge on any atom is 0.271 e. The van der Waals surface area contributed by atoms with Crippen LogP contribution in [-0.2, 0) is 16.8 Å². The molecule has 5 N–H and O–H groups in total. The number of nitrogen functional groups attached to an aromatic ring is 1. The average molecular weight is 639 g/mol. The number of benzene rings is 1. The number of hydrogen-bond acceptors (Lipinski definition) is 7. The van der Waals surface area contributed by atoms with Gasteiger partial charge in [-0.2, -0.15) is 0 Å². The number of aromatic nitrogens is 3. The van der Waals surface area contributed by atoms with Crippen LogP contribution in [0.15, 0.2) is 54.2 Å². The van der Waals surface area contributed by atoms with E-state index >= 15 is 0 Å². The summed E-state index contributed by atoms with van der Waals surface area (Å²) in [6.45, 7) is 11.9. The van der Waals surface area contributed by atoms with Gasteiger partial charge < -0.3 is 31.2 Å². The summed E-state index contributed by atoms with van der Waals surface area (Å²) in [5, 5.41) is 3.63. The summed E-state index contributed by atoms with van der Waals surface area (Å²) in [5.41, 5.74) is 14.7. The molecule has 0 aliphatic carbocycles. The van der Waals surface area contributed by atoms with E-state index in [-0.39, 0.29) is 52.5 Å². The molecule has 44 heavy (non-hydrogen) atoms. The molecule has 232 valence electrons. The first-order valence-electron chi connectivity index (χ1n) is 14.4. The van der Waals surface area contributed by atoms with Gasteiger partial charge in [-0.05, 0) is 47.7 Å². The molecule has 0 radical (unpaired) electrons. The second-order valence-corrected chi connectivity index (χ2v) is 12.9. The molecule has 0 unspecified atom stereocenters. The third-order valence-electron chi connectivity index (χ3n) is 7.98. The number of nitrogens with zero attached hydrogens (tertiary/aromatic N) is 6. The number of nitrogens with one attached hydrogen (secondary N) is 1. The number of carbonyl (C=O) groups excluding carboxylic acids is 2. The highest BCUT2D eigenvalue weighted by Gasteiger charge is 2.35. The van der Waals surface area contributed by atoms with E-state index in [1.54, 1.807) is 17.2 Å². The van der Waals surface area contributed by atoms with Gasteiger partial charge in [-0.25, -0.2) is 9.97 Å². The lowest BCUT2D eigenvalue weighted by atomic mass is 9.85. The number of nitrogens with two attached hydrogens (primary N) is 2. The van der Waals surface area contributed by atoms with Crippen LogP contribution >= 0.6 is 23.2 Å². The van der Waals surface area contributed by atoms with Gasteiger partial charge >= 0.3 is 0 Å². The number of imidazole rings is 1. The van der Waals surface area contributed by atoms with E-state index in [1.165, 1.54) is 6.08 Å². The van der Waals surface area contributed by atoms with E-state index in [2.05, 4.69) is 52.5 Å². The lowest BCUT2D eigenvalue weighted by Gasteiger charge is -2.39. The number of anilines is 2. The van der Waals surface area contributed by atoms with Crippen molar-refractivity contribution < 1.29 is 9.59 Å². The van der Waals surface area contributed by atoms with Crippen LogP contribution in [0.2, 0.25) is 10.2 Å². The van der Waals surface area contributed by atoms with Crippen molar-refractivity contribution in [3.63, 3.8) is 0 Å². The van der Waals surface area contributed by atoms with E-state index in [0.29, 0.717) is 41.7 Å². The molecule has 0 bridgehead atoms. The summed E-state index contributed by atoms with van der Waals surface area (Å²) in [7, 11) is 0. The second kappa shape index (κ2) is 12.5. The van der Waals surface area contributed by atoms with E-state index in [4.69, 9.17) is 34.7 Å². The maximum absolute atomic E-state index is 13.6. The first kappa shape index (κ1) is 31.3. The molecule has 2 aliphatic heterocycles. The van der Waals surface area contributed by atoms with Crippen molar-refractivity contribution in [3.05, 3.63) is 82.0 Å². The molecule has 5 rings (SSSR count).